The number of rotatable bonds is 7. The van der Waals surface area contributed by atoms with Gasteiger partial charge in [-0.1, -0.05) is 6.92 Å². The molecule has 0 saturated carbocycles. The summed E-state index contributed by atoms with van der Waals surface area (Å²) in [7, 11) is -1.92. The summed E-state index contributed by atoms with van der Waals surface area (Å²) in [6.07, 6.45) is 0.887. The highest BCUT2D eigenvalue weighted by Gasteiger charge is 2.24. The molecule has 114 valence electrons. The first-order valence-corrected chi connectivity index (χ1v) is 8.61. The first-order valence-electron chi connectivity index (χ1n) is 6.64. The van der Waals surface area contributed by atoms with Crippen LogP contribution < -0.4 is 4.74 Å². The van der Waals surface area contributed by atoms with Gasteiger partial charge in [-0.15, -0.1) is 11.6 Å². The van der Waals surface area contributed by atoms with Crippen molar-refractivity contribution in [2.45, 2.75) is 44.0 Å². The van der Waals surface area contributed by atoms with Gasteiger partial charge in [0.1, 0.15) is 5.75 Å². The summed E-state index contributed by atoms with van der Waals surface area (Å²) in [5.74, 6) is 0.862. The van der Waals surface area contributed by atoms with Crippen molar-refractivity contribution in [1.29, 1.82) is 0 Å². The first-order chi connectivity index (χ1) is 9.34. The quantitative estimate of drug-likeness (QED) is 0.725. The third kappa shape index (κ3) is 3.87. The van der Waals surface area contributed by atoms with Crippen molar-refractivity contribution < 1.29 is 13.2 Å². The molecule has 0 spiro atoms. The number of nitrogens with zero attached hydrogens (tertiary/aromatic N) is 1. The van der Waals surface area contributed by atoms with Gasteiger partial charge in [0, 0.05) is 18.7 Å². The van der Waals surface area contributed by atoms with Gasteiger partial charge in [0.2, 0.25) is 10.0 Å². The molecule has 0 aliphatic rings. The van der Waals surface area contributed by atoms with Crippen molar-refractivity contribution in [2.75, 3.05) is 13.7 Å². The summed E-state index contributed by atoms with van der Waals surface area (Å²) in [6.45, 7) is 6.26. The maximum atomic E-state index is 12.4. The molecule has 1 aromatic rings. The van der Waals surface area contributed by atoms with E-state index in [4.69, 9.17) is 16.3 Å². The van der Waals surface area contributed by atoms with Crippen molar-refractivity contribution >= 4 is 21.6 Å². The summed E-state index contributed by atoms with van der Waals surface area (Å²) in [4.78, 5) is 0.244. The highest BCUT2D eigenvalue weighted by atomic mass is 35.5. The van der Waals surface area contributed by atoms with Gasteiger partial charge in [0.15, 0.2) is 0 Å². The Kier molecular flexibility index (Phi) is 6.30. The smallest absolute Gasteiger partial charge is 0.243 e. The molecule has 0 N–H and O–H groups in total. The molecule has 0 saturated heterocycles. The molecule has 4 nitrogen and oxygen atoms in total. The average Bonchev–Trinajstić information content (AvgIpc) is 2.43. The lowest BCUT2D eigenvalue weighted by Gasteiger charge is -2.21. The summed E-state index contributed by atoms with van der Waals surface area (Å²) in [5, 5.41) is 0. The van der Waals surface area contributed by atoms with Crippen LogP contribution >= 0.6 is 11.6 Å². The second-order valence-corrected chi connectivity index (χ2v) is 7.13. The molecule has 6 heteroatoms. The van der Waals surface area contributed by atoms with Gasteiger partial charge in [-0.3, -0.25) is 0 Å². The average molecular weight is 320 g/mol. The van der Waals surface area contributed by atoms with Crippen molar-refractivity contribution in [3.8, 4) is 5.75 Å². The second-order valence-electron chi connectivity index (χ2n) is 4.87. The maximum Gasteiger partial charge on any atom is 0.243 e. The van der Waals surface area contributed by atoms with E-state index in [0.29, 0.717) is 17.9 Å². The van der Waals surface area contributed by atoms with E-state index in [1.54, 1.807) is 25.2 Å². The second kappa shape index (κ2) is 7.29. The Bertz CT molecular complexity index is 543. The maximum absolute atomic E-state index is 12.4. The Balaban J connectivity index is 3.15. The third-order valence-electron chi connectivity index (χ3n) is 3.04. The van der Waals surface area contributed by atoms with Crippen molar-refractivity contribution in [3.05, 3.63) is 23.8 Å². The Morgan fingerprint density at radius 3 is 2.50 bits per heavy atom. The van der Waals surface area contributed by atoms with E-state index < -0.39 is 10.0 Å². The highest BCUT2D eigenvalue weighted by molar-refractivity contribution is 7.89. The first kappa shape index (κ1) is 17.3. The van der Waals surface area contributed by atoms with Gasteiger partial charge in [0.05, 0.1) is 17.4 Å². The van der Waals surface area contributed by atoms with E-state index >= 15 is 0 Å². The van der Waals surface area contributed by atoms with E-state index in [-0.39, 0.29) is 16.8 Å². The van der Waals surface area contributed by atoms with Crippen LogP contribution in [0.25, 0.3) is 0 Å². The van der Waals surface area contributed by atoms with Crippen LogP contribution in [0.15, 0.2) is 23.1 Å². The number of ether oxygens (including phenoxy) is 1. The Morgan fingerprint density at radius 2 is 2.00 bits per heavy atom. The number of halogens is 1. The largest absolute Gasteiger partial charge is 0.493 e. The monoisotopic (exact) mass is 319 g/mol. The lowest BCUT2D eigenvalue weighted by Crippen LogP contribution is -2.33. The minimum absolute atomic E-state index is 0.101. The molecule has 0 atom stereocenters. The predicted octanol–water partition coefficient (Wildman–Crippen LogP) is 3.24. The number of sulfonamides is 1. The summed E-state index contributed by atoms with van der Waals surface area (Å²) >= 11 is 5.89. The molecule has 0 amide bonds. The fourth-order valence-corrected chi connectivity index (χ4v) is 3.25. The van der Waals surface area contributed by atoms with Gasteiger partial charge in [0.25, 0.3) is 0 Å². The van der Waals surface area contributed by atoms with E-state index in [1.807, 2.05) is 20.8 Å². The SMILES string of the molecule is CCCOc1ccc(S(=O)(=O)N(C)C(C)C)cc1CCl. The summed E-state index contributed by atoms with van der Waals surface area (Å²) < 4.78 is 31.7. The number of benzene rings is 1. The fraction of sp³-hybridized carbons (Fsp3) is 0.571. The van der Waals surface area contributed by atoms with E-state index in [2.05, 4.69) is 0 Å². The molecule has 1 aromatic carbocycles. The molecular formula is C14H22ClNO3S. The van der Waals surface area contributed by atoms with Crippen molar-refractivity contribution in [3.63, 3.8) is 0 Å². The van der Waals surface area contributed by atoms with Crippen LogP contribution in [0, 0.1) is 0 Å². The molecule has 0 bridgehead atoms. The van der Waals surface area contributed by atoms with E-state index in [0.717, 1.165) is 6.42 Å². The molecule has 0 radical (unpaired) electrons. The molecular weight excluding hydrogens is 298 g/mol. The van der Waals surface area contributed by atoms with E-state index in [1.165, 1.54) is 4.31 Å². The fourth-order valence-electron chi connectivity index (χ4n) is 1.62. The third-order valence-corrected chi connectivity index (χ3v) is 5.36. The van der Waals surface area contributed by atoms with Crippen LogP contribution in [0.3, 0.4) is 0 Å². The topological polar surface area (TPSA) is 46.6 Å². The van der Waals surface area contributed by atoms with Gasteiger partial charge in [-0.2, -0.15) is 4.31 Å². The molecule has 1 rings (SSSR count). The lowest BCUT2D eigenvalue weighted by atomic mass is 10.2. The van der Waals surface area contributed by atoms with Crippen LogP contribution in [0.4, 0.5) is 0 Å². The molecule has 0 heterocycles. The Labute approximate surface area is 126 Å². The highest BCUT2D eigenvalue weighted by Crippen LogP contribution is 2.26. The molecule has 0 aliphatic heterocycles. The normalized spacial score (nSPS) is 12.2. The zero-order valence-electron chi connectivity index (χ0n) is 12.4. The zero-order valence-corrected chi connectivity index (χ0v) is 14.0. The van der Waals surface area contributed by atoms with Crippen LogP contribution in [0.5, 0.6) is 5.75 Å². The minimum atomic E-state index is -3.49. The summed E-state index contributed by atoms with van der Waals surface area (Å²) in [5.41, 5.74) is 0.693. The molecule has 0 unspecified atom stereocenters. The number of hydrogen-bond donors (Lipinski definition) is 0. The molecule has 0 fully saturated rings. The lowest BCUT2D eigenvalue weighted by molar-refractivity contribution is 0.315. The van der Waals surface area contributed by atoms with Crippen molar-refractivity contribution in [1.82, 2.24) is 4.31 Å². The van der Waals surface area contributed by atoms with Crippen LogP contribution in [0.1, 0.15) is 32.8 Å². The van der Waals surface area contributed by atoms with Crippen molar-refractivity contribution in [2.24, 2.45) is 0 Å². The standard InChI is InChI=1S/C14H22ClNO3S/c1-5-8-19-14-7-6-13(9-12(14)10-15)20(17,18)16(4)11(2)3/h6-7,9,11H,5,8,10H2,1-4H3. The Morgan fingerprint density at radius 1 is 1.35 bits per heavy atom. The molecule has 20 heavy (non-hydrogen) atoms. The minimum Gasteiger partial charge on any atom is -0.493 e. The van der Waals surface area contributed by atoms with Gasteiger partial charge in [-0.05, 0) is 38.5 Å². The van der Waals surface area contributed by atoms with Gasteiger partial charge < -0.3 is 4.74 Å². The van der Waals surface area contributed by atoms with Crippen LogP contribution in [-0.4, -0.2) is 32.4 Å². The molecule has 0 aromatic heterocycles. The van der Waals surface area contributed by atoms with Crippen LogP contribution in [0.2, 0.25) is 0 Å². The molecule has 0 aliphatic carbocycles. The van der Waals surface area contributed by atoms with E-state index in [9.17, 15) is 8.42 Å². The number of hydrogen-bond acceptors (Lipinski definition) is 3. The van der Waals surface area contributed by atoms with Crippen LogP contribution in [-0.2, 0) is 15.9 Å². The number of alkyl halides is 1. The van der Waals surface area contributed by atoms with Gasteiger partial charge >= 0.3 is 0 Å². The predicted molar refractivity (Wildman–Crippen MR) is 81.9 cm³/mol. The summed E-state index contributed by atoms with van der Waals surface area (Å²) in [6, 6.07) is 4.73. The van der Waals surface area contributed by atoms with Gasteiger partial charge in [-0.25, -0.2) is 8.42 Å². The zero-order chi connectivity index (χ0) is 15.3. The Hall–Kier alpha value is -0.780.